The summed E-state index contributed by atoms with van der Waals surface area (Å²) in [5, 5.41) is 11.9. The predicted molar refractivity (Wildman–Crippen MR) is 152 cm³/mol. The molecule has 40 heavy (non-hydrogen) atoms. The van der Waals surface area contributed by atoms with Crippen LogP contribution < -0.4 is 20.7 Å². The van der Waals surface area contributed by atoms with Gasteiger partial charge in [0.15, 0.2) is 17.9 Å². The molecule has 3 aromatic carbocycles. The highest BCUT2D eigenvalue weighted by atomic mass is 19.2. The molecule has 11 heteroatoms. The zero-order chi connectivity index (χ0) is 28.8. The first-order chi connectivity index (χ1) is 19.3. The third-order valence-corrected chi connectivity index (χ3v) is 6.19. The van der Waals surface area contributed by atoms with Crippen molar-refractivity contribution in [2.75, 3.05) is 30.1 Å². The van der Waals surface area contributed by atoms with Crippen molar-refractivity contribution in [2.45, 2.75) is 13.0 Å². The lowest BCUT2D eigenvalue weighted by Gasteiger charge is -2.28. The number of nitrogens with one attached hydrogen (secondary N) is 2. The van der Waals surface area contributed by atoms with Gasteiger partial charge in [-0.05, 0) is 43.3 Å². The van der Waals surface area contributed by atoms with E-state index in [1.807, 2.05) is 42.3 Å². The number of anilines is 3. The summed E-state index contributed by atoms with van der Waals surface area (Å²) in [7, 11) is 3.04. The summed E-state index contributed by atoms with van der Waals surface area (Å²) in [6.45, 7) is 1.81. The van der Waals surface area contributed by atoms with Crippen molar-refractivity contribution in [3.63, 3.8) is 0 Å². The number of hydrogen-bond donors (Lipinski definition) is 3. The molecular formula is C29H27F2N7O2. The van der Waals surface area contributed by atoms with Crippen LogP contribution in [0.2, 0.25) is 0 Å². The SMILES string of the molecule is COc1ccc(C(=N)c2c(N)ncnc2N[C@@H](C)C(=Nc2ccccc2C=O)N(C)c2ccccc2)c(F)c1F. The minimum Gasteiger partial charge on any atom is -0.494 e. The number of aldehydes is 1. The first-order valence-electron chi connectivity index (χ1n) is 12.2. The number of likely N-dealkylation sites (N-methyl/N-ethyl adjacent to an activating group) is 1. The maximum absolute atomic E-state index is 14.9. The number of benzene rings is 3. The number of aliphatic imine (C=N–C) groups is 1. The number of methoxy groups -OCH3 is 1. The van der Waals surface area contributed by atoms with Crippen molar-refractivity contribution in [1.82, 2.24) is 9.97 Å². The summed E-state index contributed by atoms with van der Waals surface area (Å²) in [5.74, 6) is -2.28. The van der Waals surface area contributed by atoms with Gasteiger partial charge in [0.25, 0.3) is 0 Å². The Hall–Kier alpha value is -5.19. The molecule has 0 aliphatic heterocycles. The van der Waals surface area contributed by atoms with Crippen LogP contribution in [-0.4, -0.2) is 48.0 Å². The van der Waals surface area contributed by atoms with Crippen molar-refractivity contribution in [3.8, 4) is 5.75 Å². The summed E-state index contributed by atoms with van der Waals surface area (Å²) in [5.41, 5.74) is 7.01. The number of nitrogen functional groups attached to an aromatic ring is 1. The number of hydrogen-bond acceptors (Lipinski definition) is 8. The van der Waals surface area contributed by atoms with Crippen molar-refractivity contribution >= 4 is 40.8 Å². The van der Waals surface area contributed by atoms with E-state index < -0.39 is 23.4 Å². The van der Waals surface area contributed by atoms with E-state index in [-0.39, 0.29) is 28.5 Å². The fourth-order valence-corrected chi connectivity index (χ4v) is 4.10. The lowest BCUT2D eigenvalue weighted by Crippen LogP contribution is -2.40. The monoisotopic (exact) mass is 543 g/mol. The number of ether oxygens (including phenoxy) is 1. The Morgan fingerprint density at radius 2 is 1.77 bits per heavy atom. The highest BCUT2D eigenvalue weighted by Gasteiger charge is 2.25. The molecular weight excluding hydrogens is 516 g/mol. The number of para-hydroxylation sites is 2. The van der Waals surface area contributed by atoms with E-state index in [2.05, 4.69) is 15.3 Å². The number of aromatic nitrogens is 2. The second-order valence-electron chi connectivity index (χ2n) is 8.71. The van der Waals surface area contributed by atoms with Gasteiger partial charge in [-0.25, -0.2) is 19.4 Å². The molecule has 0 aliphatic carbocycles. The molecule has 204 valence electrons. The predicted octanol–water partition coefficient (Wildman–Crippen LogP) is 5.24. The zero-order valence-electron chi connectivity index (χ0n) is 22.0. The lowest BCUT2D eigenvalue weighted by atomic mass is 10.0. The molecule has 0 saturated heterocycles. The standard InChI is InChI=1S/C29H27F2N7O2/c1-17(29(38(2)19-10-5-4-6-11-19)37-21-12-8-7-9-18(21)15-39)36-28-23(27(33)34-16-35-28)26(32)20-13-14-22(40-3)25(31)24(20)30/h4-17,32H,1-3H3,(H3,33,34,35,36)/t17-/m0/s1. The summed E-state index contributed by atoms with van der Waals surface area (Å²) in [6.07, 6.45) is 1.93. The van der Waals surface area contributed by atoms with Crippen LogP contribution in [0.3, 0.4) is 0 Å². The molecule has 0 bridgehead atoms. The van der Waals surface area contributed by atoms with Gasteiger partial charge in [-0.15, -0.1) is 0 Å². The molecule has 0 amide bonds. The Kier molecular flexibility index (Phi) is 8.43. The van der Waals surface area contributed by atoms with E-state index in [1.165, 1.54) is 25.6 Å². The van der Waals surface area contributed by atoms with Crippen molar-refractivity contribution in [2.24, 2.45) is 4.99 Å². The summed E-state index contributed by atoms with van der Waals surface area (Å²) in [6, 6.07) is 18.2. The number of nitrogens with two attached hydrogens (primary N) is 1. The molecule has 4 N–H and O–H groups in total. The first-order valence-corrected chi connectivity index (χ1v) is 12.2. The summed E-state index contributed by atoms with van der Waals surface area (Å²) in [4.78, 5) is 26.5. The van der Waals surface area contributed by atoms with E-state index >= 15 is 0 Å². The molecule has 9 nitrogen and oxygen atoms in total. The first kappa shape index (κ1) is 27.8. The number of nitrogens with zero attached hydrogens (tertiary/aromatic N) is 4. The number of rotatable bonds is 9. The van der Waals surface area contributed by atoms with E-state index in [0.29, 0.717) is 17.1 Å². The van der Waals surface area contributed by atoms with E-state index in [4.69, 9.17) is 20.9 Å². The van der Waals surface area contributed by atoms with E-state index in [0.717, 1.165) is 12.0 Å². The Balaban J connectivity index is 1.78. The van der Waals surface area contributed by atoms with Gasteiger partial charge in [0.05, 0.1) is 30.1 Å². The largest absolute Gasteiger partial charge is 0.494 e. The zero-order valence-corrected chi connectivity index (χ0v) is 22.0. The molecule has 0 unspecified atom stereocenters. The molecule has 0 aliphatic rings. The van der Waals surface area contributed by atoms with Crippen LogP contribution in [0.15, 0.2) is 78.0 Å². The molecule has 4 rings (SSSR count). The van der Waals surface area contributed by atoms with Gasteiger partial charge in [-0.2, -0.15) is 4.39 Å². The summed E-state index contributed by atoms with van der Waals surface area (Å²) >= 11 is 0. The van der Waals surface area contributed by atoms with Gasteiger partial charge in [0, 0.05) is 23.9 Å². The number of carbonyl (C=O) groups excluding carboxylic acids is 1. The van der Waals surface area contributed by atoms with Crippen molar-refractivity contribution in [1.29, 1.82) is 5.41 Å². The minimum atomic E-state index is -1.26. The van der Waals surface area contributed by atoms with Crippen LogP contribution in [0.5, 0.6) is 5.75 Å². The van der Waals surface area contributed by atoms with E-state index in [9.17, 15) is 13.6 Å². The maximum Gasteiger partial charge on any atom is 0.201 e. The minimum absolute atomic E-state index is 0.0205. The van der Waals surface area contributed by atoms with Gasteiger partial charge in [-0.1, -0.05) is 30.3 Å². The molecule has 0 radical (unpaired) electrons. The Morgan fingerprint density at radius 1 is 1.07 bits per heavy atom. The van der Waals surface area contributed by atoms with Gasteiger partial charge >= 0.3 is 0 Å². The molecule has 0 spiro atoms. The smallest absolute Gasteiger partial charge is 0.201 e. The van der Waals surface area contributed by atoms with Crippen LogP contribution in [0.4, 0.5) is 31.8 Å². The quantitative estimate of drug-likeness (QED) is 0.150. The molecule has 1 aromatic heterocycles. The van der Waals surface area contributed by atoms with Gasteiger partial charge in [-0.3, -0.25) is 10.2 Å². The van der Waals surface area contributed by atoms with Crippen LogP contribution in [0.1, 0.15) is 28.4 Å². The Labute approximate surface area is 229 Å². The van der Waals surface area contributed by atoms with Gasteiger partial charge in [0.1, 0.15) is 23.8 Å². The fraction of sp³-hybridized carbons (Fsp3) is 0.138. The highest BCUT2D eigenvalue weighted by Crippen LogP contribution is 2.29. The Morgan fingerprint density at radius 3 is 2.48 bits per heavy atom. The number of halogens is 2. The third-order valence-electron chi connectivity index (χ3n) is 6.19. The molecule has 1 heterocycles. The van der Waals surface area contributed by atoms with Crippen LogP contribution in [-0.2, 0) is 0 Å². The lowest BCUT2D eigenvalue weighted by molar-refractivity contribution is 0.112. The van der Waals surface area contributed by atoms with Crippen molar-refractivity contribution in [3.05, 3.63) is 101 Å². The van der Waals surface area contributed by atoms with E-state index in [1.54, 1.807) is 31.2 Å². The normalized spacial score (nSPS) is 12.0. The van der Waals surface area contributed by atoms with Crippen LogP contribution in [0, 0.1) is 17.0 Å². The number of carbonyl (C=O) groups is 1. The summed E-state index contributed by atoms with van der Waals surface area (Å²) < 4.78 is 34.2. The average Bonchev–Trinajstić information content (AvgIpc) is 2.97. The van der Waals surface area contributed by atoms with Crippen LogP contribution in [0.25, 0.3) is 0 Å². The van der Waals surface area contributed by atoms with Gasteiger partial charge in [0.2, 0.25) is 5.82 Å². The maximum atomic E-state index is 14.9. The van der Waals surface area contributed by atoms with Crippen LogP contribution >= 0.6 is 0 Å². The third kappa shape index (κ3) is 5.63. The fourth-order valence-electron chi connectivity index (χ4n) is 4.10. The topological polar surface area (TPSA) is 130 Å². The molecule has 0 saturated carbocycles. The second kappa shape index (κ2) is 12.1. The highest BCUT2D eigenvalue weighted by molar-refractivity contribution is 6.16. The molecule has 0 fully saturated rings. The Bertz CT molecular complexity index is 1580. The van der Waals surface area contributed by atoms with Crippen molar-refractivity contribution < 1.29 is 18.3 Å². The molecule has 4 aromatic rings. The number of amidine groups is 1. The van der Waals surface area contributed by atoms with Gasteiger partial charge < -0.3 is 20.7 Å². The average molecular weight is 544 g/mol. The molecule has 1 atom stereocenters. The second-order valence-corrected chi connectivity index (χ2v) is 8.71.